The van der Waals surface area contributed by atoms with Crippen molar-refractivity contribution in [3.63, 3.8) is 0 Å². The zero-order valence-corrected chi connectivity index (χ0v) is 15.3. The summed E-state index contributed by atoms with van der Waals surface area (Å²) in [5.74, 6) is 1.36. The van der Waals surface area contributed by atoms with Crippen LogP contribution in [0.5, 0.6) is 11.6 Å². The van der Waals surface area contributed by atoms with Gasteiger partial charge in [-0.05, 0) is 42.0 Å². The molecule has 1 aliphatic heterocycles. The number of amides is 1. The molecular weight excluding hydrogens is 334 g/mol. The van der Waals surface area contributed by atoms with Crippen molar-refractivity contribution in [2.45, 2.75) is 32.8 Å². The van der Waals surface area contributed by atoms with E-state index in [1.165, 1.54) is 6.92 Å². The lowest BCUT2D eigenvalue weighted by atomic mass is 10.1. The number of aromatic nitrogens is 1. The summed E-state index contributed by atoms with van der Waals surface area (Å²) < 4.78 is 5.89. The van der Waals surface area contributed by atoms with Crippen molar-refractivity contribution in [2.24, 2.45) is 0 Å². The molecule has 0 radical (unpaired) electrons. The quantitative estimate of drug-likeness (QED) is 0.881. The number of nitrogens with zero attached hydrogens (tertiary/aromatic N) is 2. The monoisotopic (exact) mass is 355 g/mol. The molecule has 0 aliphatic carbocycles. The predicted octanol–water partition coefficient (Wildman–Crippen LogP) is 3.93. The fraction of sp³-hybridized carbons (Fsp3) is 0.263. The van der Waals surface area contributed by atoms with Gasteiger partial charge >= 0.3 is 0 Å². The molecule has 1 unspecified atom stereocenters. The molecule has 0 saturated carbocycles. The Morgan fingerprint density at radius 1 is 1.32 bits per heavy atom. The molecule has 0 bridgehead atoms. The number of rotatable bonds is 5. The third-order valence-corrected chi connectivity index (χ3v) is 4.73. The topological polar surface area (TPSA) is 54.5 Å². The van der Waals surface area contributed by atoms with Crippen molar-refractivity contribution in [3.8, 4) is 11.6 Å². The van der Waals surface area contributed by atoms with Gasteiger partial charge < -0.3 is 15.0 Å². The molecule has 1 aromatic carbocycles. The van der Waals surface area contributed by atoms with Crippen molar-refractivity contribution in [2.75, 3.05) is 0 Å². The van der Waals surface area contributed by atoms with Crippen LogP contribution in [-0.4, -0.2) is 21.3 Å². The van der Waals surface area contributed by atoms with Gasteiger partial charge in [-0.2, -0.15) is 0 Å². The molecule has 1 amide bonds. The third kappa shape index (κ3) is 4.54. The highest BCUT2D eigenvalue weighted by atomic mass is 32.2. The molecule has 2 aromatic rings. The van der Waals surface area contributed by atoms with Crippen LogP contribution in [0.25, 0.3) is 0 Å². The van der Waals surface area contributed by atoms with E-state index in [4.69, 9.17) is 4.74 Å². The van der Waals surface area contributed by atoms with Gasteiger partial charge in [0.1, 0.15) is 5.75 Å². The van der Waals surface area contributed by atoms with Crippen molar-refractivity contribution >= 4 is 17.7 Å². The minimum atomic E-state index is -0.0663. The lowest BCUT2D eigenvalue weighted by Crippen LogP contribution is -2.40. The fourth-order valence-corrected chi connectivity index (χ4v) is 3.39. The summed E-state index contributed by atoms with van der Waals surface area (Å²) >= 11 is 1.57. The van der Waals surface area contributed by atoms with Crippen LogP contribution in [0.1, 0.15) is 23.6 Å². The van der Waals surface area contributed by atoms with E-state index in [2.05, 4.69) is 21.3 Å². The second kappa shape index (κ2) is 7.61. The van der Waals surface area contributed by atoms with Gasteiger partial charge in [-0.25, -0.2) is 4.98 Å². The molecule has 130 valence electrons. The SMILES string of the molecule is CC(=O)NC1SC=CN1Cc1ccc(Oc2cc(C)ccc2C)nc1. The number of aryl methyl sites for hydroxylation is 2. The van der Waals surface area contributed by atoms with Gasteiger partial charge in [0.2, 0.25) is 11.8 Å². The molecule has 25 heavy (non-hydrogen) atoms. The first-order valence-corrected chi connectivity index (χ1v) is 9.00. The summed E-state index contributed by atoms with van der Waals surface area (Å²) in [5, 5.41) is 4.89. The maximum absolute atomic E-state index is 11.3. The molecule has 6 heteroatoms. The van der Waals surface area contributed by atoms with Gasteiger partial charge in [-0.15, -0.1) is 0 Å². The number of pyridine rings is 1. The van der Waals surface area contributed by atoms with Crippen LogP contribution in [-0.2, 0) is 11.3 Å². The number of carbonyl (C=O) groups excluding carboxylic acids is 1. The molecule has 1 aliphatic rings. The van der Waals surface area contributed by atoms with Gasteiger partial charge in [0.25, 0.3) is 0 Å². The maximum Gasteiger partial charge on any atom is 0.219 e. The van der Waals surface area contributed by atoms with Crippen LogP contribution in [0.2, 0.25) is 0 Å². The van der Waals surface area contributed by atoms with E-state index in [1.54, 1.807) is 11.8 Å². The summed E-state index contributed by atoms with van der Waals surface area (Å²) in [5.41, 5.74) is 3.22. The number of hydrogen-bond donors (Lipinski definition) is 1. The Balaban J connectivity index is 1.65. The van der Waals surface area contributed by atoms with Crippen molar-refractivity contribution in [3.05, 3.63) is 64.8 Å². The van der Waals surface area contributed by atoms with Crippen LogP contribution in [0.3, 0.4) is 0 Å². The van der Waals surface area contributed by atoms with E-state index < -0.39 is 0 Å². The normalized spacial score (nSPS) is 16.1. The smallest absolute Gasteiger partial charge is 0.219 e. The molecule has 5 nitrogen and oxygen atoms in total. The third-order valence-electron chi connectivity index (χ3n) is 3.81. The Hall–Kier alpha value is -2.47. The summed E-state index contributed by atoms with van der Waals surface area (Å²) in [7, 11) is 0. The molecule has 1 aromatic heterocycles. The highest BCUT2D eigenvalue weighted by Gasteiger charge is 2.20. The van der Waals surface area contributed by atoms with Crippen molar-refractivity contribution < 1.29 is 9.53 Å². The molecule has 1 N–H and O–H groups in total. The minimum absolute atomic E-state index is 0.0402. The Kier molecular flexibility index (Phi) is 5.28. The first-order chi connectivity index (χ1) is 12.0. The Morgan fingerprint density at radius 3 is 2.88 bits per heavy atom. The standard InChI is InChI=1S/C19H21N3O2S/c1-13-4-5-14(2)17(10-13)24-18-7-6-16(11-20-18)12-22-8-9-25-19(22)21-15(3)23/h4-11,19H,12H2,1-3H3,(H,21,23). The van der Waals surface area contributed by atoms with Crippen LogP contribution >= 0.6 is 11.8 Å². The number of thioether (sulfide) groups is 1. The average Bonchev–Trinajstić information content (AvgIpc) is 2.99. The number of benzene rings is 1. The molecule has 0 fully saturated rings. The average molecular weight is 355 g/mol. The largest absolute Gasteiger partial charge is 0.439 e. The summed E-state index contributed by atoms with van der Waals surface area (Å²) in [6.07, 6.45) is 3.79. The van der Waals surface area contributed by atoms with E-state index in [-0.39, 0.29) is 11.4 Å². The van der Waals surface area contributed by atoms with Crippen molar-refractivity contribution in [1.29, 1.82) is 0 Å². The maximum atomic E-state index is 11.3. The highest BCUT2D eigenvalue weighted by Crippen LogP contribution is 2.27. The molecular formula is C19H21N3O2S. The molecule has 3 rings (SSSR count). The van der Waals surface area contributed by atoms with Gasteiger partial charge in [0.15, 0.2) is 5.50 Å². The van der Waals surface area contributed by atoms with Crippen LogP contribution in [0.4, 0.5) is 0 Å². The Labute approximate surface area is 152 Å². The zero-order valence-electron chi connectivity index (χ0n) is 14.5. The van der Waals surface area contributed by atoms with Gasteiger partial charge in [0, 0.05) is 31.9 Å². The first-order valence-electron chi connectivity index (χ1n) is 8.06. The first kappa shape index (κ1) is 17.4. The number of hydrogen-bond acceptors (Lipinski definition) is 5. The second-order valence-electron chi connectivity index (χ2n) is 6.02. The van der Waals surface area contributed by atoms with E-state index in [0.29, 0.717) is 12.4 Å². The zero-order chi connectivity index (χ0) is 17.8. The van der Waals surface area contributed by atoms with Crippen LogP contribution < -0.4 is 10.1 Å². The summed E-state index contributed by atoms with van der Waals surface area (Å²) in [6, 6.07) is 9.98. The number of ether oxygens (including phenoxy) is 1. The van der Waals surface area contributed by atoms with E-state index >= 15 is 0 Å². The van der Waals surface area contributed by atoms with Crippen LogP contribution in [0, 0.1) is 13.8 Å². The van der Waals surface area contributed by atoms with Gasteiger partial charge in [0.05, 0.1) is 0 Å². The second-order valence-corrected chi connectivity index (χ2v) is 7.01. The molecule has 0 spiro atoms. The molecule has 0 saturated heterocycles. The van der Waals surface area contributed by atoms with E-state index in [0.717, 1.165) is 22.4 Å². The minimum Gasteiger partial charge on any atom is -0.439 e. The predicted molar refractivity (Wildman–Crippen MR) is 100 cm³/mol. The van der Waals surface area contributed by atoms with E-state index in [1.807, 2.05) is 55.9 Å². The van der Waals surface area contributed by atoms with Crippen molar-refractivity contribution in [1.82, 2.24) is 15.2 Å². The summed E-state index contributed by atoms with van der Waals surface area (Å²) in [6.45, 7) is 6.25. The highest BCUT2D eigenvalue weighted by molar-refractivity contribution is 8.02. The van der Waals surface area contributed by atoms with Gasteiger partial charge in [-0.1, -0.05) is 30.0 Å². The molecule has 1 atom stereocenters. The van der Waals surface area contributed by atoms with E-state index in [9.17, 15) is 4.79 Å². The summed E-state index contributed by atoms with van der Waals surface area (Å²) in [4.78, 5) is 17.7. The fourth-order valence-electron chi connectivity index (χ4n) is 2.48. The number of carbonyl (C=O) groups is 1. The lowest BCUT2D eigenvalue weighted by molar-refractivity contribution is -0.119. The molecule has 2 heterocycles. The lowest BCUT2D eigenvalue weighted by Gasteiger charge is -2.25. The number of nitrogens with one attached hydrogen (secondary N) is 1. The van der Waals surface area contributed by atoms with Gasteiger partial charge in [-0.3, -0.25) is 4.79 Å². The van der Waals surface area contributed by atoms with Crippen LogP contribution in [0.15, 0.2) is 48.1 Å². The Morgan fingerprint density at radius 2 is 2.16 bits per heavy atom. The Bertz CT molecular complexity index is 790.